The van der Waals surface area contributed by atoms with E-state index in [1.54, 1.807) is 0 Å². The van der Waals surface area contributed by atoms with Crippen LogP contribution in [0.1, 0.15) is 0 Å². The highest BCUT2D eigenvalue weighted by Crippen LogP contribution is 2.46. The Kier molecular flexibility index (Phi) is 7.18. The van der Waals surface area contributed by atoms with Gasteiger partial charge in [-0.25, -0.2) is 0 Å². The molecule has 0 aliphatic rings. The first-order chi connectivity index (χ1) is 25.8. The second-order valence-corrected chi connectivity index (χ2v) is 13.3. The maximum Gasteiger partial charge on any atom is 0.159 e. The Bertz CT molecular complexity index is 2890. The van der Waals surface area contributed by atoms with Crippen LogP contribution in [0.4, 0.5) is 17.1 Å². The molecule has 0 aliphatic heterocycles. The normalized spacial score (nSPS) is 11.5. The van der Waals surface area contributed by atoms with E-state index in [0.717, 1.165) is 50.0 Å². The van der Waals surface area contributed by atoms with E-state index in [2.05, 4.69) is 205 Å². The Morgan fingerprint density at radius 2 is 0.885 bits per heavy atom. The van der Waals surface area contributed by atoms with Crippen LogP contribution in [-0.4, -0.2) is 0 Å². The predicted molar refractivity (Wildman–Crippen MR) is 220 cm³/mol. The van der Waals surface area contributed by atoms with E-state index < -0.39 is 0 Å². The van der Waals surface area contributed by atoms with Gasteiger partial charge in [0.1, 0.15) is 5.58 Å². The zero-order valence-corrected chi connectivity index (χ0v) is 28.4. The van der Waals surface area contributed by atoms with Gasteiger partial charge >= 0.3 is 0 Å². The minimum atomic E-state index is 0.858. The number of rotatable bonds is 6. The molecular weight excluding hydrogens is 631 g/mol. The fraction of sp³-hybridized carbons (Fsp3) is 0. The molecule has 2 nitrogen and oxygen atoms in total. The fourth-order valence-electron chi connectivity index (χ4n) is 7.69. The Hall–Kier alpha value is -6.90. The summed E-state index contributed by atoms with van der Waals surface area (Å²) in [6, 6.07) is 71.5. The number of furan rings is 1. The Balaban J connectivity index is 1.18. The first kappa shape index (κ1) is 30.0. The minimum absolute atomic E-state index is 0.858. The molecule has 0 aliphatic carbocycles. The molecule has 0 saturated heterocycles. The number of fused-ring (bicyclic) bond motifs is 6. The van der Waals surface area contributed by atoms with Crippen molar-refractivity contribution in [3.05, 3.63) is 200 Å². The maximum atomic E-state index is 7.02. The number of nitrogens with zero attached hydrogens (tertiary/aromatic N) is 1. The van der Waals surface area contributed by atoms with Crippen LogP contribution in [-0.2, 0) is 0 Å². The van der Waals surface area contributed by atoms with Crippen molar-refractivity contribution in [1.29, 1.82) is 0 Å². The van der Waals surface area contributed by atoms with Crippen LogP contribution in [0.25, 0.3) is 76.9 Å². The van der Waals surface area contributed by atoms with Crippen molar-refractivity contribution < 1.29 is 4.42 Å². The maximum absolute atomic E-state index is 7.02. The molecule has 0 saturated carbocycles. The average Bonchev–Trinajstić information content (AvgIpc) is 3.61. The summed E-state index contributed by atoms with van der Waals surface area (Å²) in [6.45, 7) is 0. The Labute approximate surface area is 302 Å². The van der Waals surface area contributed by atoms with Crippen LogP contribution >= 0.6 is 0 Å². The van der Waals surface area contributed by atoms with Gasteiger partial charge in [0, 0.05) is 27.5 Å². The standard InChI is InChI=1S/C50H33NO/c1-3-13-34(14-4-1)39-19-11-20-42(32-39)51(41-29-27-36(28-30-41)40-26-25-35-15-7-8-18-38(35)31-40)48-24-12-23-45-47-33-46(37-16-5-2-6-17-37)43-21-9-10-22-44(43)49(47)52-50(45)48/h1-33H. The van der Waals surface area contributed by atoms with Crippen LogP contribution < -0.4 is 4.90 Å². The SMILES string of the molecule is c1ccc(-c2cccc(N(c3ccc(-c4ccc5ccccc5c4)cc3)c3cccc4c3oc3c5ccccc5c(-c5ccccc5)cc43)c2)cc1. The molecule has 2 heteroatoms. The van der Waals surface area contributed by atoms with Crippen LogP contribution in [0.5, 0.6) is 0 Å². The third-order valence-corrected chi connectivity index (χ3v) is 10.2. The van der Waals surface area contributed by atoms with Crippen molar-refractivity contribution in [2.75, 3.05) is 4.90 Å². The molecule has 52 heavy (non-hydrogen) atoms. The number of para-hydroxylation sites is 1. The molecule has 0 radical (unpaired) electrons. The highest BCUT2D eigenvalue weighted by molar-refractivity contribution is 6.21. The van der Waals surface area contributed by atoms with E-state index in [9.17, 15) is 0 Å². The van der Waals surface area contributed by atoms with E-state index in [1.807, 2.05) is 0 Å². The molecular formula is C50H33NO. The summed E-state index contributed by atoms with van der Waals surface area (Å²) in [6.07, 6.45) is 0. The summed E-state index contributed by atoms with van der Waals surface area (Å²) in [5.41, 5.74) is 12.0. The zero-order chi connectivity index (χ0) is 34.4. The molecule has 1 aromatic heterocycles. The third kappa shape index (κ3) is 5.12. The first-order valence-electron chi connectivity index (χ1n) is 17.8. The lowest BCUT2D eigenvalue weighted by molar-refractivity contribution is 0.673. The van der Waals surface area contributed by atoms with Crippen LogP contribution in [0.15, 0.2) is 205 Å². The number of benzene rings is 9. The summed E-state index contributed by atoms with van der Waals surface area (Å²) < 4.78 is 7.02. The quantitative estimate of drug-likeness (QED) is 0.176. The molecule has 244 valence electrons. The van der Waals surface area contributed by atoms with E-state index in [0.29, 0.717) is 0 Å². The van der Waals surface area contributed by atoms with Crippen molar-refractivity contribution in [2.24, 2.45) is 0 Å². The molecule has 0 N–H and O–H groups in total. The largest absolute Gasteiger partial charge is 0.453 e. The zero-order valence-electron chi connectivity index (χ0n) is 28.4. The minimum Gasteiger partial charge on any atom is -0.453 e. The molecule has 0 atom stereocenters. The van der Waals surface area contributed by atoms with Crippen LogP contribution in [0, 0.1) is 0 Å². The third-order valence-electron chi connectivity index (χ3n) is 10.2. The number of anilines is 3. The van der Waals surface area contributed by atoms with Gasteiger partial charge < -0.3 is 9.32 Å². The Morgan fingerprint density at radius 1 is 0.308 bits per heavy atom. The van der Waals surface area contributed by atoms with Crippen molar-refractivity contribution in [3.8, 4) is 33.4 Å². The summed E-state index contributed by atoms with van der Waals surface area (Å²) in [7, 11) is 0. The molecule has 10 rings (SSSR count). The molecule has 0 spiro atoms. The monoisotopic (exact) mass is 663 g/mol. The van der Waals surface area contributed by atoms with Gasteiger partial charge in [-0.3, -0.25) is 0 Å². The smallest absolute Gasteiger partial charge is 0.159 e. The molecule has 0 fully saturated rings. The van der Waals surface area contributed by atoms with Gasteiger partial charge in [-0.05, 0) is 92.0 Å². The molecule has 0 bridgehead atoms. The lowest BCUT2D eigenvalue weighted by Gasteiger charge is -2.26. The van der Waals surface area contributed by atoms with Gasteiger partial charge in [0.05, 0.1) is 5.69 Å². The van der Waals surface area contributed by atoms with Gasteiger partial charge in [0.2, 0.25) is 0 Å². The van der Waals surface area contributed by atoms with Gasteiger partial charge in [-0.2, -0.15) is 0 Å². The molecule has 9 aromatic carbocycles. The van der Waals surface area contributed by atoms with Gasteiger partial charge in [0.25, 0.3) is 0 Å². The highest BCUT2D eigenvalue weighted by Gasteiger charge is 2.22. The predicted octanol–water partition coefficient (Wildman–Crippen LogP) is 14.4. The molecule has 0 unspecified atom stereocenters. The molecule has 1 heterocycles. The van der Waals surface area contributed by atoms with Crippen molar-refractivity contribution in [1.82, 2.24) is 0 Å². The van der Waals surface area contributed by atoms with Crippen molar-refractivity contribution >= 4 is 60.5 Å². The average molecular weight is 664 g/mol. The lowest BCUT2D eigenvalue weighted by Crippen LogP contribution is -2.10. The van der Waals surface area contributed by atoms with Gasteiger partial charge in [0.15, 0.2) is 5.58 Å². The molecule has 0 amide bonds. The van der Waals surface area contributed by atoms with E-state index >= 15 is 0 Å². The summed E-state index contributed by atoms with van der Waals surface area (Å²) in [5.74, 6) is 0. The second-order valence-electron chi connectivity index (χ2n) is 13.3. The Morgan fingerprint density at radius 3 is 1.69 bits per heavy atom. The number of hydrogen-bond donors (Lipinski definition) is 0. The van der Waals surface area contributed by atoms with Gasteiger partial charge in [-0.1, -0.05) is 158 Å². The second kappa shape index (κ2) is 12.5. The number of hydrogen-bond acceptors (Lipinski definition) is 2. The lowest BCUT2D eigenvalue weighted by atomic mass is 9.95. The fourth-order valence-corrected chi connectivity index (χ4v) is 7.69. The van der Waals surface area contributed by atoms with Gasteiger partial charge in [-0.15, -0.1) is 0 Å². The van der Waals surface area contributed by atoms with Crippen molar-refractivity contribution in [2.45, 2.75) is 0 Å². The summed E-state index contributed by atoms with van der Waals surface area (Å²) in [5, 5.41) is 6.97. The van der Waals surface area contributed by atoms with Crippen LogP contribution in [0.2, 0.25) is 0 Å². The highest BCUT2D eigenvalue weighted by atomic mass is 16.3. The topological polar surface area (TPSA) is 16.4 Å². The van der Waals surface area contributed by atoms with Crippen LogP contribution in [0.3, 0.4) is 0 Å². The first-order valence-corrected chi connectivity index (χ1v) is 17.8. The van der Waals surface area contributed by atoms with E-state index in [1.165, 1.54) is 44.0 Å². The van der Waals surface area contributed by atoms with E-state index in [-0.39, 0.29) is 0 Å². The van der Waals surface area contributed by atoms with Crippen molar-refractivity contribution in [3.63, 3.8) is 0 Å². The molecule has 10 aromatic rings. The summed E-state index contributed by atoms with van der Waals surface area (Å²) in [4.78, 5) is 2.33. The van der Waals surface area contributed by atoms with E-state index in [4.69, 9.17) is 4.42 Å². The summed E-state index contributed by atoms with van der Waals surface area (Å²) >= 11 is 0.